The molecular weight excluding hydrogens is 333 g/mol. The molecule has 1 saturated carbocycles. The predicted octanol–water partition coefficient (Wildman–Crippen LogP) is 2.81. The van der Waals surface area contributed by atoms with Crippen LogP contribution in [-0.2, 0) is 9.59 Å². The van der Waals surface area contributed by atoms with Crippen LogP contribution >= 0.6 is 0 Å². The lowest BCUT2D eigenvalue weighted by Crippen LogP contribution is -2.45. The molecule has 1 fully saturated rings. The third kappa shape index (κ3) is 4.39. The molecule has 5 nitrogen and oxygen atoms in total. The van der Waals surface area contributed by atoms with Crippen LogP contribution in [0, 0.1) is 25.6 Å². The summed E-state index contributed by atoms with van der Waals surface area (Å²) in [6, 6.07) is 12.1. The van der Waals surface area contributed by atoms with E-state index in [0.29, 0.717) is 6.42 Å². The number of anilines is 1. The van der Waals surface area contributed by atoms with Gasteiger partial charge < -0.3 is 5.32 Å². The zero-order valence-corrected chi connectivity index (χ0v) is 14.8. The van der Waals surface area contributed by atoms with Gasteiger partial charge in [0.15, 0.2) is 0 Å². The lowest BCUT2D eigenvalue weighted by atomic mass is 10.1. The van der Waals surface area contributed by atoms with Gasteiger partial charge in [0.05, 0.1) is 6.54 Å². The van der Waals surface area contributed by atoms with Crippen molar-refractivity contribution in [3.8, 4) is 0 Å². The smallest absolute Gasteiger partial charge is 0.257 e. The van der Waals surface area contributed by atoms with E-state index in [-0.39, 0.29) is 36.0 Å². The van der Waals surface area contributed by atoms with Gasteiger partial charge in [0.25, 0.3) is 5.91 Å². The number of nitrogens with one attached hydrogen (secondary N) is 3. The number of amides is 2. The van der Waals surface area contributed by atoms with Gasteiger partial charge in [-0.15, -0.1) is 0 Å². The number of carbonyl (C=O) groups is 2. The van der Waals surface area contributed by atoms with Gasteiger partial charge in [-0.05, 0) is 55.5 Å². The average molecular weight is 355 g/mol. The molecule has 136 valence electrons. The molecule has 0 bridgehead atoms. The first-order chi connectivity index (χ1) is 12.4. The van der Waals surface area contributed by atoms with E-state index in [1.807, 2.05) is 32.0 Å². The number of hydrazine groups is 1. The minimum absolute atomic E-state index is 0.0657. The third-order valence-corrected chi connectivity index (χ3v) is 4.57. The highest BCUT2D eigenvalue weighted by Gasteiger charge is 2.44. The van der Waals surface area contributed by atoms with Crippen LogP contribution in [0.3, 0.4) is 0 Å². The van der Waals surface area contributed by atoms with Crippen LogP contribution in [0.1, 0.15) is 29.0 Å². The lowest BCUT2D eigenvalue weighted by molar-refractivity contribution is -0.128. The normalized spacial score (nSPS) is 18.1. The monoisotopic (exact) mass is 355 g/mol. The second kappa shape index (κ2) is 7.56. The molecule has 0 aromatic heterocycles. The van der Waals surface area contributed by atoms with Gasteiger partial charge >= 0.3 is 0 Å². The second-order valence-corrected chi connectivity index (χ2v) is 6.71. The highest BCUT2D eigenvalue weighted by Crippen LogP contribution is 2.47. The van der Waals surface area contributed by atoms with E-state index in [9.17, 15) is 14.0 Å². The van der Waals surface area contributed by atoms with Crippen molar-refractivity contribution in [3.05, 3.63) is 65.0 Å². The number of aryl methyl sites for hydroxylation is 2. The van der Waals surface area contributed by atoms with Crippen LogP contribution in [0.5, 0.6) is 0 Å². The van der Waals surface area contributed by atoms with E-state index >= 15 is 0 Å². The van der Waals surface area contributed by atoms with Crippen LogP contribution in [0.4, 0.5) is 10.1 Å². The minimum atomic E-state index is -0.322. The molecule has 1 aliphatic carbocycles. The number of hydrogen-bond acceptors (Lipinski definition) is 3. The highest BCUT2D eigenvalue weighted by atomic mass is 19.1. The molecule has 0 radical (unpaired) electrons. The Kier molecular flexibility index (Phi) is 5.21. The number of carbonyl (C=O) groups excluding carboxylic acids is 2. The molecule has 26 heavy (non-hydrogen) atoms. The van der Waals surface area contributed by atoms with E-state index in [0.717, 1.165) is 22.4 Å². The summed E-state index contributed by atoms with van der Waals surface area (Å²) >= 11 is 0. The molecular formula is C20H22FN3O2. The maximum atomic E-state index is 12.9. The first-order valence-corrected chi connectivity index (χ1v) is 8.59. The molecule has 2 atom stereocenters. The van der Waals surface area contributed by atoms with Crippen molar-refractivity contribution in [2.45, 2.75) is 26.2 Å². The fraction of sp³-hybridized carbons (Fsp3) is 0.300. The maximum absolute atomic E-state index is 12.9. The molecule has 2 aromatic carbocycles. The van der Waals surface area contributed by atoms with Crippen molar-refractivity contribution in [3.63, 3.8) is 0 Å². The Hall–Kier alpha value is -2.89. The van der Waals surface area contributed by atoms with E-state index < -0.39 is 0 Å². The standard InChI is InChI=1S/C20H22FN3O2/c1-12-3-8-18(13(2)9-12)22-11-19(25)23-24-20(26)17-10-16(17)14-4-6-15(21)7-5-14/h3-9,16-17,22H,10-11H2,1-2H3,(H,23,25)(H,24,26). The molecule has 0 aliphatic heterocycles. The SMILES string of the molecule is Cc1ccc(NCC(=O)NNC(=O)C2CC2c2ccc(F)cc2)c(C)c1. The molecule has 3 rings (SSSR count). The topological polar surface area (TPSA) is 70.2 Å². The molecule has 6 heteroatoms. The summed E-state index contributed by atoms with van der Waals surface area (Å²) in [4.78, 5) is 24.0. The second-order valence-electron chi connectivity index (χ2n) is 6.71. The molecule has 1 aliphatic rings. The number of hydrogen-bond donors (Lipinski definition) is 3. The molecule has 0 spiro atoms. The summed E-state index contributed by atoms with van der Waals surface area (Å²) in [5.74, 6) is -0.940. The first kappa shape index (κ1) is 17.9. The Morgan fingerprint density at radius 3 is 2.50 bits per heavy atom. The quantitative estimate of drug-likeness (QED) is 0.723. The van der Waals surface area contributed by atoms with Crippen molar-refractivity contribution in [2.24, 2.45) is 5.92 Å². The molecule has 2 unspecified atom stereocenters. The van der Waals surface area contributed by atoms with Gasteiger partial charge in [-0.3, -0.25) is 20.4 Å². The Bertz CT molecular complexity index is 820. The average Bonchev–Trinajstić information content (AvgIpc) is 3.40. The zero-order valence-electron chi connectivity index (χ0n) is 14.8. The summed E-state index contributed by atoms with van der Waals surface area (Å²) in [7, 11) is 0. The van der Waals surface area contributed by atoms with Crippen LogP contribution in [0.15, 0.2) is 42.5 Å². The summed E-state index contributed by atoms with van der Waals surface area (Å²) in [6.07, 6.45) is 0.703. The third-order valence-electron chi connectivity index (χ3n) is 4.57. The number of rotatable bonds is 5. The van der Waals surface area contributed by atoms with Crippen LogP contribution in [0.2, 0.25) is 0 Å². The maximum Gasteiger partial charge on any atom is 0.257 e. The van der Waals surface area contributed by atoms with Crippen molar-refractivity contribution < 1.29 is 14.0 Å². The van der Waals surface area contributed by atoms with Gasteiger partial charge in [0.2, 0.25) is 5.91 Å². The van der Waals surface area contributed by atoms with Crippen molar-refractivity contribution in [1.82, 2.24) is 10.9 Å². The van der Waals surface area contributed by atoms with Gasteiger partial charge in [-0.25, -0.2) is 4.39 Å². The molecule has 0 saturated heterocycles. The summed E-state index contributed by atoms with van der Waals surface area (Å²) < 4.78 is 12.9. The molecule has 3 N–H and O–H groups in total. The van der Waals surface area contributed by atoms with E-state index in [1.54, 1.807) is 12.1 Å². The van der Waals surface area contributed by atoms with Crippen molar-refractivity contribution in [2.75, 3.05) is 11.9 Å². The van der Waals surface area contributed by atoms with Gasteiger partial charge in [-0.2, -0.15) is 0 Å². The Morgan fingerprint density at radius 2 is 1.81 bits per heavy atom. The van der Waals surface area contributed by atoms with Crippen LogP contribution < -0.4 is 16.2 Å². The lowest BCUT2D eigenvalue weighted by Gasteiger charge is -2.11. The Balaban J connectivity index is 1.42. The molecule has 2 aromatic rings. The zero-order chi connectivity index (χ0) is 18.7. The number of halogens is 1. The van der Waals surface area contributed by atoms with Crippen molar-refractivity contribution >= 4 is 17.5 Å². The fourth-order valence-corrected chi connectivity index (χ4v) is 3.02. The summed E-state index contributed by atoms with van der Waals surface area (Å²) in [6.45, 7) is 4.05. The summed E-state index contributed by atoms with van der Waals surface area (Å²) in [5.41, 5.74) is 8.93. The molecule has 0 heterocycles. The van der Waals surface area contributed by atoms with E-state index in [2.05, 4.69) is 16.2 Å². The van der Waals surface area contributed by atoms with Gasteiger partial charge in [0, 0.05) is 11.6 Å². The number of benzene rings is 2. The van der Waals surface area contributed by atoms with Crippen molar-refractivity contribution in [1.29, 1.82) is 0 Å². The Labute approximate surface area is 152 Å². The Morgan fingerprint density at radius 1 is 1.08 bits per heavy atom. The summed E-state index contributed by atoms with van der Waals surface area (Å²) in [5, 5.41) is 3.05. The van der Waals surface area contributed by atoms with E-state index in [4.69, 9.17) is 0 Å². The predicted molar refractivity (Wildman–Crippen MR) is 97.9 cm³/mol. The van der Waals surface area contributed by atoms with Crippen LogP contribution in [0.25, 0.3) is 0 Å². The highest BCUT2D eigenvalue weighted by molar-refractivity contribution is 5.87. The first-order valence-electron chi connectivity index (χ1n) is 8.59. The molecule has 2 amide bonds. The minimum Gasteiger partial charge on any atom is -0.376 e. The van der Waals surface area contributed by atoms with Gasteiger partial charge in [0.1, 0.15) is 5.82 Å². The fourth-order valence-electron chi connectivity index (χ4n) is 3.02. The van der Waals surface area contributed by atoms with Gasteiger partial charge in [-0.1, -0.05) is 29.8 Å². The largest absolute Gasteiger partial charge is 0.376 e. The van der Waals surface area contributed by atoms with E-state index in [1.165, 1.54) is 12.1 Å². The van der Waals surface area contributed by atoms with Crippen LogP contribution in [-0.4, -0.2) is 18.4 Å².